The van der Waals surface area contributed by atoms with E-state index in [-0.39, 0.29) is 42.0 Å². The number of hydrogen-bond donors (Lipinski definition) is 3. The number of aldehydes is 1. The Labute approximate surface area is 219 Å². The van der Waals surface area contributed by atoms with Gasteiger partial charge in [0.25, 0.3) is 0 Å². The molecule has 4 unspecified atom stereocenters. The number of nitrogens with one attached hydrogen (secondary N) is 1. The molecule has 0 amide bonds. The number of ketones is 1. The minimum atomic E-state index is -0.785. The van der Waals surface area contributed by atoms with Crippen molar-refractivity contribution >= 4 is 24.0 Å². The van der Waals surface area contributed by atoms with Crippen LogP contribution in [0.4, 0.5) is 0 Å². The number of aryl methyl sites for hydroxylation is 1. The molecule has 3 N–H and O–H groups in total. The van der Waals surface area contributed by atoms with Crippen LogP contribution < -0.4 is 10.1 Å². The van der Waals surface area contributed by atoms with Gasteiger partial charge in [0, 0.05) is 36.3 Å². The molecule has 1 heterocycles. The van der Waals surface area contributed by atoms with E-state index in [4.69, 9.17) is 9.84 Å². The number of carboxylic acids is 1. The number of fused-ring (bicyclic) bond motifs is 1. The molecule has 0 spiro atoms. The van der Waals surface area contributed by atoms with Crippen molar-refractivity contribution in [1.29, 1.82) is 0 Å². The number of piperidine rings is 1. The van der Waals surface area contributed by atoms with Gasteiger partial charge >= 0.3 is 11.9 Å². The van der Waals surface area contributed by atoms with Gasteiger partial charge in [-0.15, -0.1) is 0 Å². The zero-order valence-electron chi connectivity index (χ0n) is 22.9. The first-order chi connectivity index (χ1) is 17.4. The highest BCUT2D eigenvalue weighted by atomic mass is 16.5. The molecule has 0 bridgehead atoms. The molecule has 1 aromatic rings. The average molecular weight is 519 g/mol. The summed E-state index contributed by atoms with van der Waals surface area (Å²) < 4.78 is 5.34. The van der Waals surface area contributed by atoms with Gasteiger partial charge in [-0.1, -0.05) is 19.9 Å². The number of hydrogen-bond acceptors (Lipinski definition) is 8. The lowest BCUT2D eigenvalue weighted by Crippen LogP contribution is -2.56. The Kier molecular flexibility index (Phi) is 10.8. The quantitative estimate of drug-likeness (QED) is 0.269. The molecule has 206 valence electrons. The van der Waals surface area contributed by atoms with Crippen LogP contribution in [0, 0.1) is 18.8 Å². The Morgan fingerprint density at radius 3 is 2.54 bits per heavy atom. The maximum absolute atomic E-state index is 12.5. The van der Waals surface area contributed by atoms with E-state index in [1.165, 1.54) is 0 Å². The Morgan fingerprint density at radius 1 is 1.32 bits per heavy atom. The highest BCUT2D eigenvalue weighted by molar-refractivity contribution is 5.82. The molecule has 1 aliphatic carbocycles. The highest BCUT2D eigenvalue weighted by Crippen LogP contribution is 2.54. The van der Waals surface area contributed by atoms with E-state index in [1.807, 2.05) is 26.8 Å². The van der Waals surface area contributed by atoms with E-state index in [0.717, 1.165) is 30.5 Å². The molecule has 1 saturated heterocycles. The summed E-state index contributed by atoms with van der Waals surface area (Å²) in [7, 11) is 3.75. The van der Waals surface area contributed by atoms with Gasteiger partial charge in [-0.2, -0.15) is 0 Å². The number of esters is 1. The molecule has 9 heteroatoms. The SMILES string of the molecule is CNC(C(=O)O)C(C)C.Cc1ccc(OC(=O)CCC=O)c(O)c1C12CCN(C)C(C)C1CCC(=O)C2. The van der Waals surface area contributed by atoms with Crippen LogP contribution >= 0.6 is 0 Å². The predicted octanol–water partition coefficient (Wildman–Crippen LogP) is 3.23. The smallest absolute Gasteiger partial charge is 0.320 e. The lowest BCUT2D eigenvalue weighted by molar-refractivity contribution is -0.140. The van der Waals surface area contributed by atoms with E-state index in [2.05, 4.69) is 24.2 Å². The lowest BCUT2D eigenvalue weighted by atomic mass is 9.56. The average Bonchev–Trinajstić information content (AvgIpc) is 2.82. The number of likely N-dealkylation sites (tertiary alicyclic amines) is 1. The van der Waals surface area contributed by atoms with Crippen molar-refractivity contribution < 1.29 is 34.1 Å². The minimum absolute atomic E-state index is 0.0275. The molecule has 1 aromatic carbocycles. The standard InChI is InChI=1S/C22H29NO5.C6H13NO2/c1-14-6-9-18(28-19(26)5-4-12-24)21(27)20(14)22-10-11-23(3)15(2)17(22)8-7-16(25)13-22;1-4(2)5(7-3)6(8)9/h6,9,12,15,17,27H,4-5,7-8,10-11,13H2,1-3H3;4-5,7H,1-3H3,(H,8,9). The third-order valence-corrected chi connectivity index (χ3v) is 7.93. The Hall–Kier alpha value is -2.78. The number of phenols is 1. The van der Waals surface area contributed by atoms with Crippen molar-refractivity contribution in [2.24, 2.45) is 11.8 Å². The highest BCUT2D eigenvalue weighted by Gasteiger charge is 2.52. The fourth-order valence-electron chi connectivity index (χ4n) is 5.90. The van der Waals surface area contributed by atoms with Gasteiger partial charge in [0.1, 0.15) is 18.1 Å². The zero-order chi connectivity index (χ0) is 27.9. The van der Waals surface area contributed by atoms with E-state index in [1.54, 1.807) is 13.1 Å². The maximum Gasteiger partial charge on any atom is 0.320 e. The van der Waals surface area contributed by atoms with Crippen molar-refractivity contribution in [3.8, 4) is 11.5 Å². The second-order valence-corrected chi connectivity index (χ2v) is 10.6. The third-order valence-electron chi connectivity index (χ3n) is 7.93. The van der Waals surface area contributed by atoms with Gasteiger partial charge in [-0.05, 0) is 70.8 Å². The van der Waals surface area contributed by atoms with E-state index in [0.29, 0.717) is 25.2 Å². The number of phenolic OH excluding ortho intramolecular Hbond substituents is 1. The number of aromatic hydroxyl groups is 1. The number of carbonyl (C=O) groups excluding carboxylic acids is 3. The van der Waals surface area contributed by atoms with Crippen LogP contribution in [0.1, 0.15) is 70.4 Å². The number of carboxylic acid groups (broad SMARTS) is 1. The number of nitrogens with zero attached hydrogens (tertiary/aromatic N) is 1. The van der Waals surface area contributed by atoms with Crippen LogP contribution in [0.5, 0.6) is 11.5 Å². The predicted molar refractivity (Wildman–Crippen MR) is 140 cm³/mol. The Morgan fingerprint density at radius 2 is 2.00 bits per heavy atom. The summed E-state index contributed by atoms with van der Waals surface area (Å²) in [5.74, 6) is -0.664. The van der Waals surface area contributed by atoms with Crippen molar-refractivity contribution in [2.45, 2.75) is 83.7 Å². The number of aliphatic carboxylic acids is 1. The Bertz CT molecular complexity index is 993. The van der Waals surface area contributed by atoms with Gasteiger partial charge in [0.15, 0.2) is 11.5 Å². The molecule has 1 saturated carbocycles. The number of rotatable bonds is 8. The fourth-order valence-corrected chi connectivity index (χ4v) is 5.90. The van der Waals surface area contributed by atoms with Crippen molar-refractivity contribution in [1.82, 2.24) is 10.2 Å². The minimum Gasteiger partial charge on any atom is -0.504 e. The molecule has 1 aliphatic heterocycles. The molecule has 4 atom stereocenters. The van der Waals surface area contributed by atoms with E-state index in [9.17, 15) is 24.3 Å². The van der Waals surface area contributed by atoms with Gasteiger partial charge in [0.2, 0.25) is 0 Å². The number of carbonyl (C=O) groups is 4. The lowest BCUT2D eigenvalue weighted by Gasteiger charge is -2.54. The van der Waals surface area contributed by atoms with Crippen LogP contribution in [0.3, 0.4) is 0 Å². The van der Waals surface area contributed by atoms with Gasteiger partial charge in [0.05, 0.1) is 6.42 Å². The number of Topliss-reactive ketones (excluding diaryl/α,β-unsaturated/α-hetero) is 1. The molecule has 37 heavy (non-hydrogen) atoms. The van der Waals surface area contributed by atoms with Crippen LogP contribution in [0.25, 0.3) is 0 Å². The molecular weight excluding hydrogens is 476 g/mol. The molecule has 0 radical (unpaired) electrons. The first-order valence-corrected chi connectivity index (χ1v) is 13.0. The van der Waals surface area contributed by atoms with Gasteiger partial charge in [-0.3, -0.25) is 14.4 Å². The van der Waals surface area contributed by atoms with E-state index >= 15 is 0 Å². The molecule has 0 aromatic heterocycles. The van der Waals surface area contributed by atoms with E-state index < -0.39 is 23.4 Å². The first-order valence-electron chi connectivity index (χ1n) is 13.0. The van der Waals surface area contributed by atoms with Crippen LogP contribution in [-0.4, -0.2) is 71.8 Å². The maximum atomic E-state index is 12.5. The van der Waals surface area contributed by atoms with Crippen molar-refractivity contribution in [3.05, 3.63) is 23.3 Å². The molecule has 2 fully saturated rings. The summed E-state index contributed by atoms with van der Waals surface area (Å²) in [6.45, 7) is 8.70. The fraction of sp³-hybridized carbons (Fsp3) is 0.643. The zero-order valence-corrected chi connectivity index (χ0v) is 22.9. The normalized spacial score (nSPS) is 24.5. The largest absolute Gasteiger partial charge is 0.504 e. The number of benzene rings is 1. The molecular formula is C28H42N2O7. The first kappa shape index (κ1) is 30.4. The molecule has 3 rings (SSSR count). The van der Waals surface area contributed by atoms with Gasteiger partial charge < -0.3 is 30.0 Å². The summed E-state index contributed by atoms with van der Waals surface area (Å²) in [4.78, 5) is 47.6. The summed E-state index contributed by atoms with van der Waals surface area (Å²) in [5.41, 5.74) is 1.20. The number of likely N-dealkylation sites (N-methyl/N-ethyl adjacent to an activating group) is 1. The molecule has 9 nitrogen and oxygen atoms in total. The summed E-state index contributed by atoms with van der Waals surface area (Å²) >= 11 is 0. The second-order valence-electron chi connectivity index (χ2n) is 10.6. The van der Waals surface area contributed by atoms with Crippen LogP contribution in [-0.2, 0) is 24.6 Å². The topological polar surface area (TPSA) is 133 Å². The number of ether oxygens (including phenoxy) is 1. The summed E-state index contributed by atoms with van der Waals surface area (Å²) in [6.07, 6.45) is 3.28. The van der Waals surface area contributed by atoms with Gasteiger partial charge in [-0.25, -0.2) is 0 Å². The Balaban J connectivity index is 0.000000458. The second kappa shape index (κ2) is 13.1. The van der Waals surface area contributed by atoms with Crippen molar-refractivity contribution in [3.63, 3.8) is 0 Å². The van der Waals surface area contributed by atoms with Crippen molar-refractivity contribution in [2.75, 3.05) is 20.6 Å². The summed E-state index contributed by atoms with van der Waals surface area (Å²) in [5, 5.41) is 22.3. The third kappa shape index (κ3) is 6.96. The van der Waals surface area contributed by atoms with Crippen LogP contribution in [0.2, 0.25) is 0 Å². The van der Waals surface area contributed by atoms with Crippen LogP contribution in [0.15, 0.2) is 12.1 Å². The summed E-state index contributed by atoms with van der Waals surface area (Å²) in [6, 6.07) is 3.30. The molecule has 2 aliphatic rings. The monoisotopic (exact) mass is 518 g/mol.